The molecule has 0 bridgehead atoms. The Hall–Kier alpha value is -1.06. The smallest absolute Gasteiger partial charge is 0.407 e. The molecule has 104 valence electrons. The third-order valence-electron chi connectivity index (χ3n) is 3.20. The first kappa shape index (κ1) is 15.0. The van der Waals surface area contributed by atoms with Crippen LogP contribution in [0.25, 0.3) is 0 Å². The third-order valence-corrected chi connectivity index (χ3v) is 3.20. The van der Waals surface area contributed by atoms with Gasteiger partial charge >= 0.3 is 6.09 Å². The average Bonchev–Trinajstić information content (AvgIpc) is 2.25. The molecule has 4 heteroatoms. The second kappa shape index (κ2) is 6.21. The maximum Gasteiger partial charge on any atom is 0.407 e. The van der Waals surface area contributed by atoms with Crippen LogP contribution < -0.4 is 5.32 Å². The number of Topliss-reactive ketones (excluding diaryl/α,β-unsaturated/α-hetero) is 1. The normalized spacial score (nSPS) is 24.4. The van der Waals surface area contributed by atoms with Gasteiger partial charge in [0.05, 0.1) is 0 Å². The number of hydrogen-bond donors (Lipinski definition) is 1. The number of rotatable bonds is 3. The highest BCUT2D eigenvalue weighted by Crippen LogP contribution is 2.26. The predicted molar refractivity (Wildman–Crippen MR) is 70.4 cm³/mol. The molecule has 1 saturated carbocycles. The van der Waals surface area contributed by atoms with E-state index in [1.807, 2.05) is 27.7 Å². The Morgan fingerprint density at radius 1 is 1.28 bits per heavy atom. The fourth-order valence-electron chi connectivity index (χ4n) is 2.38. The van der Waals surface area contributed by atoms with Gasteiger partial charge in [-0.1, -0.05) is 13.3 Å². The first-order valence-corrected chi connectivity index (χ1v) is 6.84. The second-order valence-electron chi connectivity index (χ2n) is 6.03. The van der Waals surface area contributed by atoms with Crippen LogP contribution in [0, 0.1) is 5.92 Å². The topological polar surface area (TPSA) is 55.4 Å². The Bertz CT molecular complexity index is 307. The first-order valence-electron chi connectivity index (χ1n) is 6.84. The molecule has 2 atom stereocenters. The predicted octanol–water partition coefficient (Wildman–Crippen LogP) is 3.05. The lowest BCUT2D eigenvalue weighted by atomic mass is 9.82. The minimum atomic E-state index is -0.475. The zero-order valence-electron chi connectivity index (χ0n) is 11.9. The second-order valence-corrected chi connectivity index (χ2v) is 6.03. The van der Waals surface area contributed by atoms with Crippen molar-refractivity contribution >= 4 is 11.9 Å². The van der Waals surface area contributed by atoms with Gasteiger partial charge in [0.15, 0.2) is 0 Å². The van der Waals surface area contributed by atoms with Gasteiger partial charge in [-0.3, -0.25) is 4.79 Å². The van der Waals surface area contributed by atoms with Crippen molar-refractivity contribution in [2.24, 2.45) is 5.92 Å². The van der Waals surface area contributed by atoms with E-state index < -0.39 is 5.60 Å². The Balaban J connectivity index is 2.43. The number of nitrogens with one attached hydrogen (secondary N) is 1. The van der Waals surface area contributed by atoms with E-state index in [1.165, 1.54) is 0 Å². The molecule has 1 fully saturated rings. The van der Waals surface area contributed by atoms with Crippen LogP contribution in [0.4, 0.5) is 4.79 Å². The Labute approximate surface area is 109 Å². The molecule has 0 radical (unpaired) electrons. The van der Waals surface area contributed by atoms with Crippen molar-refractivity contribution in [1.29, 1.82) is 0 Å². The van der Waals surface area contributed by atoms with Crippen molar-refractivity contribution in [3.05, 3.63) is 0 Å². The molecular formula is C14H25NO3. The number of alkyl carbamates (subject to hydrolysis) is 1. The summed E-state index contributed by atoms with van der Waals surface area (Å²) in [5.74, 6) is 0.425. The molecule has 0 spiro atoms. The van der Waals surface area contributed by atoms with Gasteiger partial charge in [0.25, 0.3) is 0 Å². The number of carbonyl (C=O) groups excluding carboxylic acids is 2. The van der Waals surface area contributed by atoms with Crippen LogP contribution in [0.2, 0.25) is 0 Å². The summed E-state index contributed by atoms with van der Waals surface area (Å²) in [6.45, 7) is 7.43. The van der Waals surface area contributed by atoms with Crippen LogP contribution in [0.1, 0.15) is 59.8 Å². The van der Waals surface area contributed by atoms with Crippen molar-refractivity contribution in [2.75, 3.05) is 0 Å². The summed E-state index contributed by atoms with van der Waals surface area (Å²) in [7, 11) is 0. The van der Waals surface area contributed by atoms with Crippen LogP contribution in [0.3, 0.4) is 0 Å². The summed E-state index contributed by atoms with van der Waals surface area (Å²) < 4.78 is 5.23. The molecule has 1 amide bonds. The number of carbonyl (C=O) groups is 2. The molecule has 0 aliphatic heterocycles. The Morgan fingerprint density at radius 2 is 1.94 bits per heavy atom. The van der Waals surface area contributed by atoms with Crippen LogP contribution >= 0.6 is 0 Å². The highest BCUT2D eigenvalue weighted by Gasteiger charge is 2.28. The lowest BCUT2D eigenvalue weighted by Crippen LogP contribution is -2.42. The number of ether oxygens (including phenoxy) is 1. The fraction of sp³-hybridized carbons (Fsp3) is 0.857. The van der Waals surface area contributed by atoms with Crippen LogP contribution in [0.15, 0.2) is 0 Å². The van der Waals surface area contributed by atoms with E-state index >= 15 is 0 Å². The van der Waals surface area contributed by atoms with Gasteiger partial charge in [-0.2, -0.15) is 0 Å². The molecule has 4 nitrogen and oxygen atoms in total. The standard InChI is InChI=1S/C14H25NO3/c1-5-12(16)10-7-6-8-11(9-10)15-13(17)18-14(2,3)4/h10-11H,5-9H2,1-4H3,(H,15,17)/t10-,11+/m1/s1. The molecule has 0 aromatic rings. The molecule has 0 unspecified atom stereocenters. The van der Waals surface area contributed by atoms with Crippen LogP contribution in [-0.2, 0) is 9.53 Å². The number of hydrogen-bond acceptors (Lipinski definition) is 3. The molecule has 18 heavy (non-hydrogen) atoms. The number of ketones is 1. The van der Waals surface area contributed by atoms with Gasteiger partial charge in [0.1, 0.15) is 11.4 Å². The van der Waals surface area contributed by atoms with Gasteiger partial charge in [0, 0.05) is 18.4 Å². The van der Waals surface area contributed by atoms with E-state index in [1.54, 1.807) is 0 Å². The van der Waals surface area contributed by atoms with E-state index in [9.17, 15) is 9.59 Å². The highest BCUT2D eigenvalue weighted by atomic mass is 16.6. The summed E-state index contributed by atoms with van der Waals surface area (Å²) >= 11 is 0. The van der Waals surface area contributed by atoms with Gasteiger partial charge in [-0.25, -0.2) is 4.79 Å². The molecule has 1 aliphatic rings. The molecule has 1 N–H and O–H groups in total. The molecule has 0 aromatic heterocycles. The molecule has 0 saturated heterocycles. The van der Waals surface area contributed by atoms with Gasteiger partial charge in [-0.05, 0) is 40.0 Å². The summed E-state index contributed by atoms with van der Waals surface area (Å²) in [5.41, 5.74) is -0.475. The van der Waals surface area contributed by atoms with Crippen molar-refractivity contribution in [1.82, 2.24) is 5.32 Å². The fourth-order valence-corrected chi connectivity index (χ4v) is 2.38. The monoisotopic (exact) mass is 255 g/mol. The molecule has 0 heterocycles. The summed E-state index contributed by atoms with van der Waals surface area (Å²) in [6, 6.07) is 0.0779. The van der Waals surface area contributed by atoms with E-state index in [0.717, 1.165) is 25.7 Å². The third kappa shape index (κ3) is 5.07. The van der Waals surface area contributed by atoms with Gasteiger partial charge in [-0.15, -0.1) is 0 Å². The summed E-state index contributed by atoms with van der Waals surface area (Å²) in [4.78, 5) is 23.3. The van der Waals surface area contributed by atoms with E-state index in [4.69, 9.17) is 4.74 Å². The van der Waals surface area contributed by atoms with Crippen molar-refractivity contribution in [2.45, 2.75) is 71.4 Å². The zero-order valence-corrected chi connectivity index (χ0v) is 11.9. The minimum absolute atomic E-state index is 0.0779. The van der Waals surface area contributed by atoms with Gasteiger partial charge in [0.2, 0.25) is 0 Å². The quantitative estimate of drug-likeness (QED) is 0.843. The number of amides is 1. The summed E-state index contributed by atoms with van der Waals surface area (Å²) in [6.07, 6.45) is 3.86. The Morgan fingerprint density at radius 3 is 2.50 bits per heavy atom. The maximum atomic E-state index is 11.7. The lowest BCUT2D eigenvalue weighted by Gasteiger charge is -2.29. The highest BCUT2D eigenvalue weighted by molar-refractivity contribution is 5.80. The van der Waals surface area contributed by atoms with Gasteiger partial charge < -0.3 is 10.1 Å². The Kier molecular flexibility index (Phi) is 5.17. The average molecular weight is 255 g/mol. The SMILES string of the molecule is CCC(=O)[C@@H]1CCC[C@H](NC(=O)OC(C)(C)C)C1. The minimum Gasteiger partial charge on any atom is -0.444 e. The maximum absolute atomic E-state index is 11.7. The van der Waals surface area contributed by atoms with E-state index in [2.05, 4.69) is 5.32 Å². The van der Waals surface area contributed by atoms with Crippen molar-refractivity contribution < 1.29 is 14.3 Å². The lowest BCUT2D eigenvalue weighted by molar-refractivity contribution is -0.123. The summed E-state index contributed by atoms with van der Waals surface area (Å²) in [5, 5.41) is 2.87. The zero-order chi connectivity index (χ0) is 13.8. The molecular weight excluding hydrogens is 230 g/mol. The van der Waals surface area contributed by atoms with Crippen molar-refractivity contribution in [3.8, 4) is 0 Å². The molecule has 1 rings (SSSR count). The van der Waals surface area contributed by atoms with E-state index in [-0.39, 0.29) is 18.1 Å². The first-order chi connectivity index (χ1) is 8.31. The largest absolute Gasteiger partial charge is 0.444 e. The molecule has 0 aromatic carbocycles. The molecule has 1 aliphatic carbocycles. The van der Waals surface area contributed by atoms with E-state index in [0.29, 0.717) is 12.2 Å². The van der Waals surface area contributed by atoms with Crippen molar-refractivity contribution in [3.63, 3.8) is 0 Å². The van der Waals surface area contributed by atoms with Crippen LogP contribution in [-0.4, -0.2) is 23.5 Å². The van der Waals surface area contributed by atoms with Crippen LogP contribution in [0.5, 0.6) is 0 Å².